The van der Waals surface area contributed by atoms with Crippen molar-refractivity contribution in [2.45, 2.75) is 26.4 Å². The van der Waals surface area contributed by atoms with Crippen molar-refractivity contribution in [1.82, 2.24) is 14.9 Å². The molecule has 1 aliphatic heterocycles. The summed E-state index contributed by atoms with van der Waals surface area (Å²) in [6, 6.07) is 7.01. The van der Waals surface area contributed by atoms with Crippen LogP contribution in [0, 0.1) is 13.8 Å². The van der Waals surface area contributed by atoms with E-state index in [9.17, 15) is 0 Å². The molecule has 1 aliphatic rings. The molecule has 0 saturated heterocycles. The summed E-state index contributed by atoms with van der Waals surface area (Å²) in [6.07, 6.45) is 3.89. The van der Waals surface area contributed by atoms with Crippen LogP contribution < -0.4 is 5.32 Å². The normalized spacial score (nSPS) is 19.1. The number of hydrogen-bond donors (Lipinski definition) is 1. The molecule has 0 amide bonds. The van der Waals surface area contributed by atoms with Gasteiger partial charge in [-0.2, -0.15) is 0 Å². The van der Waals surface area contributed by atoms with Gasteiger partial charge in [0, 0.05) is 13.1 Å². The van der Waals surface area contributed by atoms with Gasteiger partial charge >= 0.3 is 0 Å². The van der Waals surface area contributed by atoms with Gasteiger partial charge in [-0.25, -0.2) is 4.98 Å². The zero-order valence-corrected chi connectivity index (χ0v) is 10.3. The third kappa shape index (κ3) is 1.87. The number of nitrogens with one attached hydrogen (secondary N) is 1. The lowest BCUT2D eigenvalue weighted by Gasteiger charge is -2.26. The first-order valence-electron chi connectivity index (χ1n) is 6.05. The molecule has 17 heavy (non-hydrogen) atoms. The van der Waals surface area contributed by atoms with E-state index >= 15 is 0 Å². The minimum Gasteiger partial charge on any atom is -0.332 e. The minimum absolute atomic E-state index is 0.282. The Hall–Kier alpha value is -1.61. The Morgan fingerprint density at radius 1 is 1.24 bits per heavy atom. The highest BCUT2D eigenvalue weighted by Crippen LogP contribution is 2.25. The number of benzene rings is 1. The first kappa shape index (κ1) is 10.5. The van der Waals surface area contributed by atoms with E-state index in [4.69, 9.17) is 0 Å². The molecule has 3 rings (SSSR count). The predicted molar refractivity (Wildman–Crippen MR) is 68.0 cm³/mol. The summed E-state index contributed by atoms with van der Waals surface area (Å²) in [5.41, 5.74) is 5.24. The molecule has 2 heterocycles. The SMILES string of the molecule is Cc1cc(C)cc(C2NCCn3cncc32)c1. The van der Waals surface area contributed by atoms with Crippen LogP contribution in [0.4, 0.5) is 0 Å². The van der Waals surface area contributed by atoms with Crippen LogP contribution in [0.1, 0.15) is 28.4 Å². The first-order valence-corrected chi connectivity index (χ1v) is 6.05. The standard InChI is InChI=1S/C14H17N3/c1-10-5-11(2)7-12(6-10)14-13-8-15-9-17(13)4-3-16-14/h5-9,14,16H,3-4H2,1-2H3. The lowest BCUT2D eigenvalue weighted by atomic mass is 9.98. The number of rotatable bonds is 1. The molecule has 1 aromatic heterocycles. The van der Waals surface area contributed by atoms with E-state index in [2.05, 4.69) is 46.9 Å². The van der Waals surface area contributed by atoms with Gasteiger partial charge in [0.05, 0.1) is 24.3 Å². The van der Waals surface area contributed by atoms with Crippen LogP contribution in [0.25, 0.3) is 0 Å². The predicted octanol–water partition coefficient (Wildman–Crippen LogP) is 2.19. The van der Waals surface area contributed by atoms with Gasteiger partial charge in [0.15, 0.2) is 0 Å². The van der Waals surface area contributed by atoms with Gasteiger partial charge in [-0.1, -0.05) is 29.3 Å². The minimum atomic E-state index is 0.282. The largest absolute Gasteiger partial charge is 0.332 e. The fourth-order valence-corrected chi connectivity index (χ4v) is 2.66. The maximum absolute atomic E-state index is 4.25. The van der Waals surface area contributed by atoms with Crippen LogP contribution in [0.3, 0.4) is 0 Å². The van der Waals surface area contributed by atoms with Crippen LogP contribution in [0.2, 0.25) is 0 Å². The van der Waals surface area contributed by atoms with Crippen molar-refractivity contribution >= 4 is 0 Å². The maximum Gasteiger partial charge on any atom is 0.0949 e. The number of aryl methyl sites for hydroxylation is 2. The third-order valence-electron chi connectivity index (χ3n) is 3.32. The molecule has 0 bridgehead atoms. The number of fused-ring (bicyclic) bond motifs is 1. The summed E-state index contributed by atoms with van der Waals surface area (Å²) in [6.45, 7) is 6.31. The summed E-state index contributed by atoms with van der Waals surface area (Å²) in [5.74, 6) is 0. The fraction of sp³-hybridized carbons (Fsp3) is 0.357. The van der Waals surface area contributed by atoms with Crippen molar-refractivity contribution in [3.8, 4) is 0 Å². The summed E-state index contributed by atoms with van der Waals surface area (Å²) in [5, 5.41) is 3.57. The van der Waals surface area contributed by atoms with Crippen LogP contribution in [0.15, 0.2) is 30.7 Å². The van der Waals surface area contributed by atoms with Crippen molar-refractivity contribution in [3.05, 3.63) is 53.1 Å². The zero-order valence-electron chi connectivity index (χ0n) is 10.3. The highest BCUT2D eigenvalue weighted by Gasteiger charge is 2.21. The first-order chi connectivity index (χ1) is 8.24. The van der Waals surface area contributed by atoms with Gasteiger partial charge in [-0.3, -0.25) is 0 Å². The Labute approximate surface area is 101 Å². The Balaban J connectivity index is 2.06. The van der Waals surface area contributed by atoms with Crippen LogP contribution >= 0.6 is 0 Å². The van der Waals surface area contributed by atoms with E-state index in [1.165, 1.54) is 22.4 Å². The van der Waals surface area contributed by atoms with E-state index in [1.54, 1.807) is 0 Å². The number of nitrogens with zero attached hydrogens (tertiary/aromatic N) is 2. The Morgan fingerprint density at radius 2 is 2.00 bits per heavy atom. The lowest BCUT2D eigenvalue weighted by molar-refractivity contribution is 0.466. The lowest BCUT2D eigenvalue weighted by Crippen LogP contribution is -2.33. The molecule has 0 radical (unpaired) electrons. The molecule has 88 valence electrons. The van der Waals surface area contributed by atoms with Crippen LogP contribution in [-0.4, -0.2) is 16.1 Å². The highest BCUT2D eigenvalue weighted by molar-refractivity contribution is 5.35. The molecule has 1 N–H and O–H groups in total. The van der Waals surface area contributed by atoms with Crippen molar-refractivity contribution in [1.29, 1.82) is 0 Å². The smallest absolute Gasteiger partial charge is 0.0949 e. The Kier molecular flexibility index (Phi) is 2.48. The number of aromatic nitrogens is 2. The number of imidazole rings is 1. The average molecular weight is 227 g/mol. The molecule has 1 unspecified atom stereocenters. The van der Waals surface area contributed by atoms with Crippen molar-refractivity contribution < 1.29 is 0 Å². The van der Waals surface area contributed by atoms with Crippen LogP contribution in [0.5, 0.6) is 0 Å². The van der Waals surface area contributed by atoms with Gasteiger partial charge in [-0.05, 0) is 19.4 Å². The Bertz CT molecular complexity index is 522. The second-order valence-electron chi connectivity index (χ2n) is 4.82. The zero-order chi connectivity index (χ0) is 11.8. The van der Waals surface area contributed by atoms with Crippen molar-refractivity contribution in [2.75, 3.05) is 6.54 Å². The van der Waals surface area contributed by atoms with E-state index in [0.29, 0.717) is 0 Å². The molecule has 3 heteroatoms. The summed E-state index contributed by atoms with van der Waals surface area (Å²) in [4.78, 5) is 4.25. The monoisotopic (exact) mass is 227 g/mol. The summed E-state index contributed by atoms with van der Waals surface area (Å²) in [7, 11) is 0. The maximum atomic E-state index is 4.25. The van der Waals surface area contributed by atoms with E-state index in [1.807, 2.05) is 12.5 Å². The van der Waals surface area contributed by atoms with E-state index in [-0.39, 0.29) is 6.04 Å². The Morgan fingerprint density at radius 3 is 2.76 bits per heavy atom. The topological polar surface area (TPSA) is 29.9 Å². The fourth-order valence-electron chi connectivity index (χ4n) is 2.66. The van der Waals surface area contributed by atoms with Gasteiger partial charge in [-0.15, -0.1) is 0 Å². The molecule has 3 nitrogen and oxygen atoms in total. The van der Waals surface area contributed by atoms with E-state index in [0.717, 1.165) is 13.1 Å². The number of hydrogen-bond acceptors (Lipinski definition) is 2. The van der Waals surface area contributed by atoms with Gasteiger partial charge in [0.25, 0.3) is 0 Å². The van der Waals surface area contributed by atoms with Gasteiger partial charge < -0.3 is 9.88 Å². The quantitative estimate of drug-likeness (QED) is 0.809. The third-order valence-corrected chi connectivity index (χ3v) is 3.32. The second kappa shape index (κ2) is 4.00. The average Bonchev–Trinajstić information content (AvgIpc) is 2.75. The molecule has 0 fully saturated rings. The second-order valence-corrected chi connectivity index (χ2v) is 4.82. The molecule has 0 saturated carbocycles. The molecular formula is C14H17N3. The van der Waals surface area contributed by atoms with E-state index < -0.39 is 0 Å². The van der Waals surface area contributed by atoms with Crippen LogP contribution in [-0.2, 0) is 6.54 Å². The van der Waals surface area contributed by atoms with Crippen molar-refractivity contribution in [2.24, 2.45) is 0 Å². The molecule has 0 aliphatic carbocycles. The highest BCUT2D eigenvalue weighted by atomic mass is 15.1. The molecule has 0 spiro atoms. The summed E-state index contributed by atoms with van der Waals surface area (Å²) < 4.78 is 2.23. The molecule has 2 aromatic rings. The van der Waals surface area contributed by atoms with Gasteiger partial charge in [0.1, 0.15) is 0 Å². The summed E-state index contributed by atoms with van der Waals surface area (Å²) >= 11 is 0. The molecule has 1 aromatic carbocycles. The van der Waals surface area contributed by atoms with Crippen molar-refractivity contribution in [3.63, 3.8) is 0 Å². The van der Waals surface area contributed by atoms with Gasteiger partial charge in [0.2, 0.25) is 0 Å². The molecular weight excluding hydrogens is 210 g/mol. The molecule has 1 atom stereocenters.